The van der Waals surface area contributed by atoms with Crippen molar-refractivity contribution in [2.75, 3.05) is 0 Å². The van der Waals surface area contributed by atoms with Gasteiger partial charge in [0.05, 0.1) is 89.0 Å². The minimum atomic E-state index is -1.83. The molecule has 1 aliphatic rings. The highest BCUT2D eigenvalue weighted by Gasteiger charge is 2.37. The Hall–Kier alpha value is -19.4. The Morgan fingerprint density at radius 3 is 0.331 bits per heavy atom. The van der Waals surface area contributed by atoms with Gasteiger partial charge in [0.25, 0.3) is 0 Å². The first kappa shape index (κ1) is 94.2. The van der Waals surface area contributed by atoms with E-state index in [-0.39, 0.29) is 44.5 Å². The fraction of sp³-hybridized carbons (Fsp3) is 0.0833. The number of aromatic carboxylic acids is 16. The molecule has 40 nitrogen and oxygen atoms in total. The second-order valence-corrected chi connectivity index (χ2v) is 30.0. The lowest BCUT2D eigenvalue weighted by Crippen LogP contribution is -2.12. The molecule has 0 saturated carbocycles. The lowest BCUT2D eigenvalue weighted by molar-refractivity contribution is 0.0651. The van der Waals surface area contributed by atoms with Crippen LogP contribution in [0, 0.1) is 0 Å². The van der Waals surface area contributed by atoms with E-state index in [1.807, 2.05) is 0 Å². The maximum Gasteiger partial charge on any atom is 0.336 e. The molecule has 12 aromatic rings. The minimum Gasteiger partial charge on any atom is -0.478 e. The predicted octanol–water partition coefficient (Wildman–Crippen LogP) is 18.1. The molecule has 136 heavy (non-hydrogen) atoms. The molecular weight excluding hydrogens is 1790 g/mol. The molecule has 12 aromatic carbocycles. The minimum absolute atomic E-state index is 0.187. The quantitative estimate of drug-likeness (QED) is 0.0186. The summed E-state index contributed by atoms with van der Waals surface area (Å²) in [7, 11) is 0. The first-order valence-electron chi connectivity index (χ1n) is 39.3. The summed E-state index contributed by atoms with van der Waals surface area (Å²) in [5.74, 6) is -42.7. The van der Waals surface area contributed by atoms with Gasteiger partial charge in [-0.1, -0.05) is 27.7 Å². The van der Waals surface area contributed by atoms with Crippen LogP contribution in [0.5, 0.6) is 92.0 Å². The Morgan fingerprint density at radius 2 is 0.243 bits per heavy atom. The summed E-state index contributed by atoms with van der Waals surface area (Å²) in [5, 5.41) is 167. The summed E-state index contributed by atoms with van der Waals surface area (Å²) >= 11 is 0. The van der Waals surface area contributed by atoms with Gasteiger partial charge < -0.3 is 120 Å². The Labute approximate surface area is 759 Å². The number of hydrogen-bond acceptors (Lipinski definition) is 24. The Kier molecular flexibility index (Phi) is 26.1. The molecule has 0 radical (unpaired) electrons. The van der Waals surface area contributed by atoms with E-state index < -0.39 is 300 Å². The van der Waals surface area contributed by atoms with Crippen LogP contribution in [0.1, 0.15) is 262 Å². The summed E-state index contributed by atoms with van der Waals surface area (Å²) in [6.45, 7) is 5.71. The summed E-state index contributed by atoms with van der Waals surface area (Å²) < 4.78 is 53.9. The van der Waals surface area contributed by atoms with Crippen LogP contribution in [0.2, 0.25) is 0 Å². The van der Waals surface area contributed by atoms with E-state index in [1.54, 1.807) is 0 Å². The van der Waals surface area contributed by atoms with Crippen LogP contribution < -0.4 is 37.9 Å². The number of hydrogen-bond donors (Lipinski definition) is 16. The zero-order chi connectivity index (χ0) is 98.9. The van der Waals surface area contributed by atoms with Crippen LogP contribution in [0.4, 0.5) is 0 Å². The van der Waals surface area contributed by atoms with Crippen LogP contribution in [0.3, 0.4) is 0 Å². The van der Waals surface area contributed by atoms with E-state index >= 15 is 0 Å². The number of fused-ring (bicyclic) bond motifs is 8. The third kappa shape index (κ3) is 19.3. The van der Waals surface area contributed by atoms with E-state index in [9.17, 15) is 158 Å². The fourth-order valence-corrected chi connectivity index (χ4v) is 15.1. The third-order valence-electron chi connectivity index (χ3n) is 21.7. The summed E-state index contributed by atoms with van der Waals surface area (Å²) in [6, 6.07) is 30.8. The first-order valence-corrected chi connectivity index (χ1v) is 39.3. The Morgan fingerprint density at radius 1 is 0.147 bits per heavy atom. The molecule has 0 amide bonds. The normalized spacial score (nSPS) is 13.5. The standard InChI is InChI=1S/C96H64O40/c1-37-57-29-59(75(131-43-7-15-51(83(101)102)67(23-43)91(117)118)33-73(57)129-41-5-13-49(81(97)98)65(21-41)89(113)114)38(2)61-31-63(79(135-47-11-19-55(87(109)110)71(27-47)95(125)126)35-77(61)133-45-9-17-53(85(105)106)69(25-45)93(121)122)40(4)64-32-62(78(134-46-10-18-54(86(107)108)70(26-46)94(123)124)36-80(64)136-48-12-20-56(88(111)112)72(28-48)96(127)128)39(3)60-30-58(37)74(130-42-6-14-50(82(99)100)66(22-42)90(115)116)34-76(60)132-44-8-16-52(84(103)104)68(24-44)92(119)120/h5-40H,1-4H3,(H,97,98)(H,99,100)(H,101,102)(H,103,104)(H,105,106)(H,107,108)(H,109,110)(H,111,112)(H,113,114)(H,115,116)(H,117,118)(H,119,120)(H,121,122)(H,123,124)(H,125,126)(H,127,128). The van der Waals surface area contributed by atoms with Gasteiger partial charge in [0.2, 0.25) is 0 Å². The average molecular weight is 1860 g/mol. The molecule has 0 atom stereocenters. The van der Waals surface area contributed by atoms with Crippen LogP contribution in [0.15, 0.2) is 194 Å². The molecule has 0 unspecified atom stereocenters. The largest absolute Gasteiger partial charge is 0.478 e. The zero-order valence-electron chi connectivity index (χ0n) is 69.7. The Bertz CT molecular complexity index is 6000. The second-order valence-electron chi connectivity index (χ2n) is 30.0. The van der Waals surface area contributed by atoms with Crippen molar-refractivity contribution in [3.63, 3.8) is 0 Å². The van der Waals surface area contributed by atoms with Crippen molar-refractivity contribution in [3.8, 4) is 92.0 Å². The van der Waals surface area contributed by atoms with Gasteiger partial charge in [0.1, 0.15) is 92.0 Å². The monoisotopic (exact) mass is 1860 g/mol. The van der Waals surface area contributed by atoms with Crippen molar-refractivity contribution in [3.05, 3.63) is 328 Å². The number of benzene rings is 12. The van der Waals surface area contributed by atoms with E-state index in [0.717, 1.165) is 170 Å². The predicted molar refractivity (Wildman–Crippen MR) is 459 cm³/mol. The van der Waals surface area contributed by atoms with Crippen molar-refractivity contribution in [1.82, 2.24) is 0 Å². The van der Waals surface area contributed by atoms with E-state index in [2.05, 4.69) is 0 Å². The number of carboxylic acid groups (broad SMARTS) is 16. The molecule has 0 fully saturated rings. The fourth-order valence-electron chi connectivity index (χ4n) is 15.1. The van der Waals surface area contributed by atoms with Crippen molar-refractivity contribution < 1.29 is 196 Å². The van der Waals surface area contributed by atoms with Gasteiger partial charge in [-0.3, -0.25) is 0 Å². The lowest BCUT2D eigenvalue weighted by Gasteiger charge is -2.30. The van der Waals surface area contributed by atoms with E-state index in [1.165, 1.54) is 52.0 Å². The van der Waals surface area contributed by atoms with Crippen LogP contribution in [-0.2, 0) is 0 Å². The third-order valence-corrected chi connectivity index (χ3v) is 21.7. The molecule has 0 saturated heterocycles. The van der Waals surface area contributed by atoms with E-state index in [0.29, 0.717) is 0 Å². The second kappa shape index (κ2) is 37.7. The molecule has 16 N–H and O–H groups in total. The van der Waals surface area contributed by atoms with Gasteiger partial charge in [0.15, 0.2) is 0 Å². The van der Waals surface area contributed by atoms with Gasteiger partial charge in [0, 0.05) is 92.4 Å². The van der Waals surface area contributed by atoms with Gasteiger partial charge >= 0.3 is 95.5 Å². The molecular formula is C96H64O40. The first-order chi connectivity index (χ1) is 64.2. The summed E-state index contributed by atoms with van der Waals surface area (Å²) in [5.41, 5.74) is -14.9. The molecule has 0 aliphatic heterocycles. The molecule has 40 heteroatoms. The van der Waals surface area contributed by atoms with Crippen LogP contribution in [0.25, 0.3) is 0 Å². The molecule has 1 aliphatic carbocycles. The van der Waals surface area contributed by atoms with Gasteiger partial charge in [-0.05, 0) is 170 Å². The van der Waals surface area contributed by atoms with E-state index in [4.69, 9.17) is 37.9 Å². The molecule has 13 rings (SSSR count). The molecule has 0 heterocycles. The highest BCUT2D eigenvalue weighted by Crippen LogP contribution is 2.55. The van der Waals surface area contributed by atoms with Crippen molar-refractivity contribution in [2.45, 2.75) is 51.4 Å². The molecule has 0 spiro atoms. The zero-order valence-corrected chi connectivity index (χ0v) is 69.7. The number of carboxylic acids is 16. The maximum atomic E-state index is 13.1. The van der Waals surface area contributed by atoms with Crippen LogP contribution >= 0.6 is 0 Å². The van der Waals surface area contributed by atoms with Crippen molar-refractivity contribution in [1.29, 1.82) is 0 Å². The summed E-state index contributed by atoms with van der Waals surface area (Å²) in [4.78, 5) is 207. The average Bonchev–Trinajstić information content (AvgIpc) is 0.743. The molecule has 688 valence electrons. The SMILES string of the molecule is CC1c2cc(c(Oc3ccc(C(=O)O)c(C(=O)O)c3)cc2Oc2ccc(C(=O)O)c(C(=O)O)c2)C(C)c2cc(c(Oc3ccc(C(=O)O)c(C(=O)O)c3)cc2Oc2ccc(C(=O)O)c(C(=O)O)c2)C(C)c2cc(c(Oc3ccc(C(=O)O)c(C(=O)O)c3)cc2Oc2ccc(C(=O)O)c(C(=O)O)c2)C(C)c2cc1c(Oc1ccc(C(=O)O)c(C(=O)O)c1)cc2Oc1ccc(C(=O)O)c(C(=O)O)c1. The smallest absolute Gasteiger partial charge is 0.336 e. The highest BCUT2D eigenvalue weighted by atomic mass is 16.5. The number of carbonyl (C=O) groups is 16. The van der Waals surface area contributed by atoms with Crippen molar-refractivity contribution >= 4 is 95.5 Å². The van der Waals surface area contributed by atoms with Gasteiger partial charge in [-0.2, -0.15) is 0 Å². The van der Waals surface area contributed by atoms with Gasteiger partial charge in [-0.15, -0.1) is 0 Å². The highest BCUT2D eigenvalue weighted by molar-refractivity contribution is 6.07. The van der Waals surface area contributed by atoms with Crippen molar-refractivity contribution in [2.24, 2.45) is 0 Å². The lowest BCUT2D eigenvalue weighted by atomic mass is 9.80. The maximum absolute atomic E-state index is 13.1. The van der Waals surface area contributed by atoms with Gasteiger partial charge in [-0.25, -0.2) is 76.7 Å². The molecule has 8 bridgehead atoms. The number of ether oxygens (including phenoxy) is 8. The topological polar surface area (TPSA) is 671 Å². The number of rotatable bonds is 32. The molecule has 0 aromatic heterocycles. The summed E-state index contributed by atoms with van der Waals surface area (Å²) in [6.07, 6.45) is 0. The van der Waals surface area contributed by atoms with Crippen LogP contribution in [-0.4, -0.2) is 177 Å². The Balaban J connectivity index is 1.26.